The van der Waals surface area contributed by atoms with E-state index in [-0.39, 0.29) is 40.7 Å². The van der Waals surface area contributed by atoms with Crippen molar-refractivity contribution in [3.05, 3.63) is 58.9 Å². The smallest absolute Gasteiger partial charge is 0.253 e. The predicted octanol–water partition coefficient (Wildman–Crippen LogP) is 4.00. The summed E-state index contributed by atoms with van der Waals surface area (Å²) in [4.78, 5) is 26.7. The maximum Gasteiger partial charge on any atom is 0.253 e. The largest absolute Gasteiger partial charge is 0.339 e. The molecule has 0 aromatic heterocycles. The molecule has 1 aliphatic rings. The quantitative estimate of drug-likeness (QED) is 0.629. The molecule has 10 heteroatoms. The standard InChI is InChI=1S/C23H27ClFN3O4S/c1-3-27(4-2)23(30)17-5-7-18(8-6-17)26-22(29)16-11-13-28(14-12-16)33(31,32)19-9-10-21(25)20(24)15-19/h5-10,15-16H,3-4,11-14H2,1-2H3,(H,26,29). The summed E-state index contributed by atoms with van der Waals surface area (Å²) in [5.41, 5.74) is 1.13. The van der Waals surface area contributed by atoms with E-state index in [1.54, 1.807) is 29.2 Å². The van der Waals surface area contributed by atoms with E-state index in [9.17, 15) is 22.4 Å². The van der Waals surface area contributed by atoms with Crippen LogP contribution in [0.5, 0.6) is 0 Å². The molecule has 0 bridgehead atoms. The van der Waals surface area contributed by atoms with Gasteiger partial charge in [0.15, 0.2) is 0 Å². The highest BCUT2D eigenvalue weighted by Crippen LogP contribution is 2.27. The van der Waals surface area contributed by atoms with Crippen molar-refractivity contribution in [3.8, 4) is 0 Å². The van der Waals surface area contributed by atoms with E-state index in [2.05, 4.69) is 5.32 Å². The van der Waals surface area contributed by atoms with Gasteiger partial charge in [-0.15, -0.1) is 0 Å². The molecule has 0 spiro atoms. The highest BCUT2D eigenvalue weighted by molar-refractivity contribution is 7.89. The van der Waals surface area contributed by atoms with Crippen LogP contribution in [-0.4, -0.2) is 55.6 Å². The molecule has 1 fully saturated rings. The Balaban J connectivity index is 1.58. The van der Waals surface area contributed by atoms with Crippen LogP contribution in [-0.2, 0) is 14.8 Å². The van der Waals surface area contributed by atoms with Crippen LogP contribution in [0.1, 0.15) is 37.0 Å². The molecule has 3 rings (SSSR count). The van der Waals surface area contributed by atoms with Gasteiger partial charge in [0.05, 0.1) is 9.92 Å². The van der Waals surface area contributed by atoms with Gasteiger partial charge in [-0.25, -0.2) is 12.8 Å². The van der Waals surface area contributed by atoms with Crippen LogP contribution in [0.2, 0.25) is 5.02 Å². The monoisotopic (exact) mass is 495 g/mol. The Morgan fingerprint density at radius 2 is 1.70 bits per heavy atom. The molecule has 0 aliphatic carbocycles. The average molecular weight is 496 g/mol. The number of amides is 2. The lowest BCUT2D eigenvalue weighted by atomic mass is 9.97. The minimum Gasteiger partial charge on any atom is -0.339 e. The van der Waals surface area contributed by atoms with Gasteiger partial charge in [0.1, 0.15) is 5.82 Å². The number of hydrogen-bond donors (Lipinski definition) is 1. The van der Waals surface area contributed by atoms with Gasteiger partial charge in [-0.1, -0.05) is 11.6 Å². The molecule has 7 nitrogen and oxygen atoms in total. The molecule has 0 atom stereocenters. The van der Waals surface area contributed by atoms with Gasteiger partial charge in [0.25, 0.3) is 5.91 Å². The number of anilines is 1. The second-order valence-corrected chi connectivity index (χ2v) is 10.1. The average Bonchev–Trinajstić information content (AvgIpc) is 2.82. The molecule has 1 aliphatic heterocycles. The summed E-state index contributed by atoms with van der Waals surface area (Å²) in [5, 5.41) is 2.59. The van der Waals surface area contributed by atoms with Crippen molar-refractivity contribution in [3.63, 3.8) is 0 Å². The maximum absolute atomic E-state index is 13.4. The summed E-state index contributed by atoms with van der Waals surface area (Å²) in [5.74, 6) is -1.28. The second-order valence-electron chi connectivity index (χ2n) is 7.80. The van der Waals surface area contributed by atoms with E-state index in [0.717, 1.165) is 12.1 Å². The van der Waals surface area contributed by atoms with Crippen molar-refractivity contribution in [2.75, 3.05) is 31.5 Å². The van der Waals surface area contributed by atoms with Crippen molar-refractivity contribution < 1.29 is 22.4 Å². The van der Waals surface area contributed by atoms with Crippen molar-refractivity contribution >= 4 is 39.1 Å². The minimum absolute atomic E-state index is 0.0612. The van der Waals surface area contributed by atoms with E-state index < -0.39 is 15.8 Å². The molecule has 1 saturated heterocycles. The Hall–Kier alpha value is -2.49. The van der Waals surface area contributed by atoms with Gasteiger partial charge < -0.3 is 10.2 Å². The van der Waals surface area contributed by atoms with Gasteiger partial charge >= 0.3 is 0 Å². The van der Waals surface area contributed by atoms with Gasteiger partial charge in [0, 0.05) is 43.3 Å². The Morgan fingerprint density at radius 1 is 1.09 bits per heavy atom. The van der Waals surface area contributed by atoms with Gasteiger partial charge in [-0.3, -0.25) is 9.59 Å². The number of hydrogen-bond acceptors (Lipinski definition) is 4. The van der Waals surface area contributed by atoms with Crippen LogP contribution in [0.3, 0.4) is 0 Å². The molecule has 0 saturated carbocycles. The van der Waals surface area contributed by atoms with Crippen LogP contribution in [0.25, 0.3) is 0 Å². The fourth-order valence-corrected chi connectivity index (χ4v) is 5.52. The lowest BCUT2D eigenvalue weighted by Gasteiger charge is -2.30. The van der Waals surface area contributed by atoms with Crippen molar-refractivity contribution in [1.29, 1.82) is 0 Å². The second kappa shape index (κ2) is 10.6. The summed E-state index contributed by atoms with van der Waals surface area (Å²) in [6, 6.07) is 10.0. The maximum atomic E-state index is 13.4. The van der Waals surface area contributed by atoms with Crippen LogP contribution in [0.4, 0.5) is 10.1 Å². The Bertz CT molecular complexity index is 1110. The molecule has 178 valence electrons. The zero-order valence-corrected chi connectivity index (χ0v) is 20.1. The first-order valence-corrected chi connectivity index (χ1v) is 12.6. The first-order chi connectivity index (χ1) is 15.7. The lowest BCUT2D eigenvalue weighted by Crippen LogP contribution is -2.41. The molecular formula is C23H27ClFN3O4S. The third kappa shape index (κ3) is 5.72. The number of carbonyl (C=O) groups excluding carboxylic acids is 2. The zero-order chi connectivity index (χ0) is 24.2. The molecule has 0 radical (unpaired) electrons. The van der Waals surface area contributed by atoms with E-state index >= 15 is 0 Å². The summed E-state index contributed by atoms with van der Waals surface area (Å²) in [6.07, 6.45) is 0.719. The summed E-state index contributed by atoms with van der Waals surface area (Å²) >= 11 is 5.73. The number of rotatable bonds is 7. The minimum atomic E-state index is -3.82. The number of benzene rings is 2. The highest BCUT2D eigenvalue weighted by Gasteiger charge is 2.32. The fraction of sp³-hybridized carbons (Fsp3) is 0.391. The fourth-order valence-electron chi connectivity index (χ4n) is 3.78. The van der Waals surface area contributed by atoms with Crippen LogP contribution >= 0.6 is 11.6 Å². The zero-order valence-electron chi connectivity index (χ0n) is 18.6. The Morgan fingerprint density at radius 3 is 2.24 bits per heavy atom. The summed E-state index contributed by atoms with van der Waals surface area (Å²) in [7, 11) is -3.82. The van der Waals surface area contributed by atoms with Gasteiger partial charge in [0.2, 0.25) is 15.9 Å². The third-order valence-electron chi connectivity index (χ3n) is 5.80. The third-order valence-corrected chi connectivity index (χ3v) is 7.99. The molecule has 2 amide bonds. The number of nitrogens with one attached hydrogen (secondary N) is 1. The number of piperidine rings is 1. The van der Waals surface area contributed by atoms with E-state index in [4.69, 9.17) is 11.6 Å². The van der Waals surface area contributed by atoms with Crippen LogP contribution < -0.4 is 5.32 Å². The topological polar surface area (TPSA) is 86.8 Å². The molecule has 2 aromatic carbocycles. The Kier molecular flexibility index (Phi) is 8.10. The van der Waals surface area contributed by atoms with E-state index in [1.165, 1.54) is 10.4 Å². The lowest BCUT2D eigenvalue weighted by molar-refractivity contribution is -0.120. The van der Waals surface area contributed by atoms with Gasteiger partial charge in [-0.05, 0) is 69.2 Å². The van der Waals surface area contributed by atoms with Crippen molar-refractivity contribution in [1.82, 2.24) is 9.21 Å². The highest BCUT2D eigenvalue weighted by atomic mass is 35.5. The number of carbonyl (C=O) groups is 2. The Labute approximate surface area is 198 Å². The van der Waals surface area contributed by atoms with Crippen LogP contribution in [0, 0.1) is 11.7 Å². The first kappa shape index (κ1) is 25.1. The summed E-state index contributed by atoms with van der Waals surface area (Å²) in [6.45, 7) is 5.43. The molecule has 2 aromatic rings. The summed E-state index contributed by atoms with van der Waals surface area (Å²) < 4.78 is 40.3. The number of halogens is 2. The molecule has 1 heterocycles. The normalized spacial score (nSPS) is 15.3. The van der Waals surface area contributed by atoms with E-state index in [1.807, 2.05) is 13.8 Å². The van der Waals surface area contributed by atoms with Crippen molar-refractivity contribution in [2.24, 2.45) is 5.92 Å². The SMILES string of the molecule is CCN(CC)C(=O)c1ccc(NC(=O)C2CCN(S(=O)(=O)c3ccc(F)c(Cl)c3)CC2)cc1. The first-order valence-electron chi connectivity index (χ1n) is 10.8. The van der Waals surface area contributed by atoms with Gasteiger partial charge in [-0.2, -0.15) is 4.31 Å². The molecule has 33 heavy (non-hydrogen) atoms. The van der Waals surface area contributed by atoms with Crippen LogP contribution in [0.15, 0.2) is 47.4 Å². The molecular weight excluding hydrogens is 469 g/mol. The molecule has 0 unspecified atom stereocenters. The predicted molar refractivity (Wildman–Crippen MR) is 125 cm³/mol. The molecule has 1 N–H and O–H groups in total. The number of nitrogens with zero attached hydrogens (tertiary/aromatic N) is 2. The number of sulfonamides is 1. The van der Waals surface area contributed by atoms with Crippen molar-refractivity contribution in [2.45, 2.75) is 31.6 Å². The van der Waals surface area contributed by atoms with E-state index in [0.29, 0.717) is 37.2 Å².